The molecule has 1 fully saturated rings. The van der Waals surface area contributed by atoms with Crippen molar-refractivity contribution in [3.8, 4) is 0 Å². The Balaban J connectivity index is 2.38. The van der Waals surface area contributed by atoms with Crippen LogP contribution >= 0.6 is 0 Å². The summed E-state index contributed by atoms with van der Waals surface area (Å²) in [7, 11) is 1.56. The predicted molar refractivity (Wildman–Crippen MR) is 56.0 cm³/mol. The van der Waals surface area contributed by atoms with Gasteiger partial charge in [0.15, 0.2) is 0 Å². The molecule has 0 aliphatic heterocycles. The van der Waals surface area contributed by atoms with E-state index in [4.69, 9.17) is 4.74 Å². The Bertz CT molecular complexity index is 194. The Kier molecular flexibility index (Phi) is 4.39. The van der Waals surface area contributed by atoms with E-state index in [2.05, 4.69) is 12.2 Å². The monoisotopic (exact) mass is 199 g/mol. The van der Waals surface area contributed by atoms with E-state index in [-0.39, 0.29) is 12.0 Å². The van der Waals surface area contributed by atoms with Crippen molar-refractivity contribution in [2.24, 2.45) is 5.92 Å². The van der Waals surface area contributed by atoms with Crippen molar-refractivity contribution in [3.05, 3.63) is 0 Å². The molecule has 0 aromatic carbocycles. The molecule has 3 unspecified atom stereocenters. The average Bonchev–Trinajstić information content (AvgIpc) is 2.20. The van der Waals surface area contributed by atoms with Gasteiger partial charge in [0.2, 0.25) is 5.91 Å². The largest absolute Gasteiger partial charge is 0.372 e. The molecule has 14 heavy (non-hydrogen) atoms. The number of hydrogen-bond acceptors (Lipinski definition) is 2. The molecule has 1 saturated carbocycles. The molecule has 0 aromatic heterocycles. The van der Waals surface area contributed by atoms with Gasteiger partial charge in [0.1, 0.15) is 6.10 Å². The lowest BCUT2D eigenvalue weighted by atomic mass is 9.86. The van der Waals surface area contributed by atoms with Gasteiger partial charge in [-0.15, -0.1) is 0 Å². The third-order valence-electron chi connectivity index (χ3n) is 3.16. The van der Waals surface area contributed by atoms with Gasteiger partial charge in [0, 0.05) is 13.2 Å². The Morgan fingerprint density at radius 1 is 1.43 bits per heavy atom. The summed E-state index contributed by atoms with van der Waals surface area (Å²) < 4.78 is 4.98. The van der Waals surface area contributed by atoms with Crippen molar-refractivity contribution in [2.75, 3.05) is 7.11 Å². The normalized spacial score (nSPS) is 29.6. The third-order valence-corrected chi connectivity index (χ3v) is 3.16. The second-order valence-corrected chi connectivity index (χ2v) is 4.25. The van der Waals surface area contributed by atoms with Crippen molar-refractivity contribution >= 4 is 5.91 Å². The lowest BCUT2D eigenvalue weighted by molar-refractivity contribution is -0.131. The Morgan fingerprint density at radius 3 is 2.64 bits per heavy atom. The van der Waals surface area contributed by atoms with Gasteiger partial charge in [-0.1, -0.05) is 19.8 Å². The number of ether oxygens (including phenoxy) is 1. The maximum absolute atomic E-state index is 11.6. The van der Waals surface area contributed by atoms with Crippen LogP contribution in [-0.2, 0) is 9.53 Å². The van der Waals surface area contributed by atoms with Gasteiger partial charge in [-0.05, 0) is 25.7 Å². The molecule has 3 nitrogen and oxygen atoms in total. The van der Waals surface area contributed by atoms with Crippen molar-refractivity contribution < 1.29 is 9.53 Å². The first-order valence-electron chi connectivity index (χ1n) is 5.48. The van der Waals surface area contributed by atoms with Crippen LogP contribution < -0.4 is 5.32 Å². The zero-order chi connectivity index (χ0) is 10.6. The van der Waals surface area contributed by atoms with E-state index >= 15 is 0 Å². The standard InChI is InChI=1S/C11H21NO2/c1-8-6-4-5-7-10(8)12-11(13)9(2)14-3/h8-10H,4-7H2,1-3H3,(H,12,13). The maximum Gasteiger partial charge on any atom is 0.249 e. The van der Waals surface area contributed by atoms with E-state index in [1.807, 2.05) is 0 Å². The highest BCUT2D eigenvalue weighted by Gasteiger charge is 2.24. The minimum atomic E-state index is -0.330. The van der Waals surface area contributed by atoms with E-state index in [0.29, 0.717) is 12.0 Å². The van der Waals surface area contributed by atoms with Crippen LogP contribution in [0.15, 0.2) is 0 Å². The topological polar surface area (TPSA) is 38.3 Å². The Labute approximate surface area is 86.2 Å². The first-order chi connectivity index (χ1) is 6.65. The average molecular weight is 199 g/mol. The fourth-order valence-electron chi connectivity index (χ4n) is 1.94. The molecule has 0 bridgehead atoms. The van der Waals surface area contributed by atoms with E-state index in [1.54, 1.807) is 14.0 Å². The van der Waals surface area contributed by atoms with Gasteiger partial charge in [-0.25, -0.2) is 0 Å². The number of carbonyl (C=O) groups is 1. The van der Waals surface area contributed by atoms with Gasteiger partial charge in [-0.3, -0.25) is 4.79 Å². The highest BCUT2D eigenvalue weighted by molar-refractivity contribution is 5.80. The number of methoxy groups -OCH3 is 1. The van der Waals surface area contributed by atoms with Gasteiger partial charge >= 0.3 is 0 Å². The van der Waals surface area contributed by atoms with Crippen LogP contribution in [0.2, 0.25) is 0 Å². The van der Waals surface area contributed by atoms with Crippen LogP contribution in [0.5, 0.6) is 0 Å². The molecule has 0 aromatic rings. The summed E-state index contributed by atoms with van der Waals surface area (Å²) >= 11 is 0. The van der Waals surface area contributed by atoms with Crippen LogP contribution in [0.4, 0.5) is 0 Å². The molecule has 1 aliphatic carbocycles. The molecule has 82 valence electrons. The lowest BCUT2D eigenvalue weighted by Crippen LogP contribution is -2.45. The molecule has 0 spiro atoms. The zero-order valence-corrected chi connectivity index (χ0v) is 9.38. The SMILES string of the molecule is COC(C)C(=O)NC1CCCCC1C. The molecular formula is C11H21NO2. The minimum absolute atomic E-state index is 0.0197. The summed E-state index contributed by atoms with van der Waals surface area (Å²) in [6.45, 7) is 3.99. The van der Waals surface area contributed by atoms with Crippen LogP contribution in [0.3, 0.4) is 0 Å². The highest BCUT2D eigenvalue weighted by atomic mass is 16.5. The molecular weight excluding hydrogens is 178 g/mol. The second-order valence-electron chi connectivity index (χ2n) is 4.25. The molecule has 0 saturated heterocycles. The maximum atomic E-state index is 11.6. The highest BCUT2D eigenvalue weighted by Crippen LogP contribution is 2.23. The first kappa shape index (κ1) is 11.5. The summed E-state index contributed by atoms with van der Waals surface area (Å²) in [6, 6.07) is 0.355. The van der Waals surface area contributed by atoms with Crippen LogP contribution in [-0.4, -0.2) is 25.2 Å². The second kappa shape index (κ2) is 5.35. The zero-order valence-electron chi connectivity index (χ0n) is 9.38. The van der Waals surface area contributed by atoms with E-state index in [9.17, 15) is 4.79 Å². The van der Waals surface area contributed by atoms with E-state index in [0.717, 1.165) is 6.42 Å². The molecule has 1 aliphatic rings. The van der Waals surface area contributed by atoms with Crippen LogP contribution in [0.25, 0.3) is 0 Å². The Hall–Kier alpha value is -0.570. The predicted octanol–water partition coefficient (Wildman–Crippen LogP) is 1.72. The number of rotatable bonds is 3. The van der Waals surface area contributed by atoms with E-state index in [1.165, 1.54) is 19.3 Å². The van der Waals surface area contributed by atoms with Crippen molar-refractivity contribution in [1.82, 2.24) is 5.32 Å². The number of carbonyl (C=O) groups excluding carboxylic acids is 1. The molecule has 0 heterocycles. The quantitative estimate of drug-likeness (QED) is 0.751. The summed E-state index contributed by atoms with van der Waals surface area (Å²) in [5.74, 6) is 0.628. The smallest absolute Gasteiger partial charge is 0.249 e. The minimum Gasteiger partial charge on any atom is -0.372 e. The molecule has 3 atom stereocenters. The molecule has 1 N–H and O–H groups in total. The fourth-order valence-corrected chi connectivity index (χ4v) is 1.94. The third kappa shape index (κ3) is 2.98. The van der Waals surface area contributed by atoms with Gasteiger partial charge in [0.05, 0.1) is 0 Å². The number of hydrogen-bond donors (Lipinski definition) is 1. The van der Waals surface area contributed by atoms with Crippen LogP contribution in [0.1, 0.15) is 39.5 Å². The summed E-state index contributed by atoms with van der Waals surface area (Å²) in [5, 5.41) is 3.06. The molecule has 1 rings (SSSR count). The van der Waals surface area contributed by atoms with Crippen molar-refractivity contribution in [1.29, 1.82) is 0 Å². The van der Waals surface area contributed by atoms with Gasteiger partial charge in [0.25, 0.3) is 0 Å². The first-order valence-corrected chi connectivity index (χ1v) is 5.48. The number of nitrogens with one attached hydrogen (secondary N) is 1. The molecule has 0 radical (unpaired) electrons. The van der Waals surface area contributed by atoms with E-state index < -0.39 is 0 Å². The van der Waals surface area contributed by atoms with Crippen LogP contribution in [0, 0.1) is 5.92 Å². The fraction of sp³-hybridized carbons (Fsp3) is 0.909. The summed E-state index contributed by atoms with van der Waals surface area (Å²) in [6.07, 6.45) is 4.55. The van der Waals surface area contributed by atoms with Crippen molar-refractivity contribution in [3.63, 3.8) is 0 Å². The van der Waals surface area contributed by atoms with Gasteiger partial charge in [-0.2, -0.15) is 0 Å². The summed E-state index contributed by atoms with van der Waals surface area (Å²) in [4.78, 5) is 11.6. The van der Waals surface area contributed by atoms with Gasteiger partial charge < -0.3 is 10.1 Å². The molecule has 3 heteroatoms. The van der Waals surface area contributed by atoms with Crippen molar-refractivity contribution in [2.45, 2.75) is 51.7 Å². The Morgan fingerprint density at radius 2 is 2.07 bits per heavy atom. The lowest BCUT2D eigenvalue weighted by Gasteiger charge is -2.30. The number of amides is 1. The molecule has 1 amide bonds. The summed E-state index contributed by atoms with van der Waals surface area (Å²) in [5.41, 5.74) is 0.